The molecule has 0 bridgehead atoms. The summed E-state index contributed by atoms with van der Waals surface area (Å²) < 4.78 is 42.3. The lowest BCUT2D eigenvalue weighted by Crippen LogP contribution is -2.39. The van der Waals surface area contributed by atoms with Crippen molar-refractivity contribution in [3.05, 3.63) is 23.9 Å². The molecule has 0 unspecified atom stereocenters. The normalized spacial score (nSPS) is 17.1. The van der Waals surface area contributed by atoms with Crippen molar-refractivity contribution in [1.29, 1.82) is 0 Å². The van der Waals surface area contributed by atoms with Crippen molar-refractivity contribution in [2.75, 3.05) is 25.1 Å². The lowest BCUT2D eigenvalue weighted by molar-refractivity contribution is -0.179. The Morgan fingerprint density at radius 2 is 2.00 bits per heavy atom. The summed E-state index contributed by atoms with van der Waals surface area (Å²) in [6, 6.07) is 3.18. The van der Waals surface area contributed by atoms with Gasteiger partial charge in [0, 0.05) is 19.3 Å². The fourth-order valence-electron chi connectivity index (χ4n) is 2.25. The molecule has 1 aromatic rings. The summed E-state index contributed by atoms with van der Waals surface area (Å²) in [5.41, 5.74) is 0.321. The van der Waals surface area contributed by atoms with Crippen LogP contribution in [0.4, 0.5) is 19.0 Å². The zero-order valence-corrected chi connectivity index (χ0v) is 11.0. The first-order valence-corrected chi connectivity index (χ1v) is 6.28. The Morgan fingerprint density at radius 1 is 1.35 bits per heavy atom. The molecule has 7 heteroatoms. The summed E-state index contributed by atoms with van der Waals surface area (Å²) in [7, 11) is 1.28. The van der Waals surface area contributed by atoms with Crippen molar-refractivity contribution in [2.45, 2.75) is 19.0 Å². The average molecular weight is 288 g/mol. The monoisotopic (exact) mass is 288 g/mol. The molecule has 20 heavy (non-hydrogen) atoms. The lowest BCUT2D eigenvalue weighted by Gasteiger charge is -2.33. The first-order valence-electron chi connectivity index (χ1n) is 6.28. The fraction of sp³-hybridized carbons (Fsp3) is 0.538. The van der Waals surface area contributed by atoms with Crippen molar-refractivity contribution in [3.63, 3.8) is 0 Å². The zero-order chi connectivity index (χ0) is 14.8. The molecule has 1 fully saturated rings. The van der Waals surface area contributed by atoms with Crippen LogP contribution in [-0.4, -0.2) is 37.3 Å². The van der Waals surface area contributed by atoms with Crippen LogP contribution in [-0.2, 0) is 4.74 Å². The van der Waals surface area contributed by atoms with Gasteiger partial charge in [-0.15, -0.1) is 0 Å². The zero-order valence-electron chi connectivity index (χ0n) is 11.0. The van der Waals surface area contributed by atoms with Gasteiger partial charge < -0.3 is 9.64 Å². The Morgan fingerprint density at radius 3 is 2.45 bits per heavy atom. The molecule has 0 saturated carbocycles. The van der Waals surface area contributed by atoms with Gasteiger partial charge >= 0.3 is 12.1 Å². The van der Waals surface area contributed by atoms with Gasteiger partial charge in [0.1, 0.15) is 5.82 Å². The number of nitrogens with zero attached hydrogens (tertiary/aromatic N) is 2. The number of piperidine rings is 1. The number of carbonyl (C=O) groups excluding carboxylic acids is 1. The van der Waals surface area contributed by atoms with Crippen molar-refractivity contribution in [1.82, 2.24) is 4.98 Å². The van der Waals surface area contributed by atoms with Crippen LogP contribution in [0, 0.1) is 5.92 Å². The number of carbonyl (C=O) groups is 1. The largest absolute Gasteiger partial charge is 0.465 e. The summed E-state index contributed by atoms with van der Waals surface area (Å²) in [4.78, 5) is 17.2. The van der Waals surface area contributed by atoms with Crippen LogP contribution >= 0.6 is 0 Å². The lowest BCUT2D eigenvalue weighted by atomic mass is 9.96. The third kappa shape index (κ3) is 3.20. The smallest absolute Gasteiger partial charge is 0.391 e. The van der Waals surface area contributed by atoms with E-state index in [1.165, 1.54) is 13.3 Å². The maximum Gasteiger partial charge on any atom is 0.391 e. The maximum atomic E-state index is 12.6. The van der Waals surface area contributed by atoms with Crippen LogP contribution < -0.4 is 4.90 Å². The van der Waals surface area contributed by atoms with Gasteiger partial charge in [-0.25, -0.2) is 9.78 Å². The average Bonchev–Trinajstić information content (AvgIpc) is 2.46. The first kappa shape index (κ1) is 14.6. The molecule has 1 saturated heterocycles. The standard InChI is InChI=1S/C13H15F3N2O2/c1-20-12(19)9-2-3-11(17-8-9)18-6-4-10(5-7-18)13(14,15)16/h2-3,8,10H,4-7H2,1H3. The van der Waals surface area contributed by atoms with Crippen LogP contribution in [0.15, 0.2) is 18.3 Å². The predicted molar refractivity (Wildman–Crippen MR) is 66.6 cm³/mol. The topological polar surface area (TPSA) is 42.4 Å². The van der Waals surface area contributed by atoms with Crippen LogP contribution in [0.1, 0.15) is 23.2 Å². The number of pyridine rings is 1. The van der Waals surface area contributed by atoms with Crippen LogP contribution in [0.25, 0.3) is 0 Å². The first-order chi connectivity index (χ1) is 9.41. The second-order valence-electron chi connectivity index (χ2n) is 4.70. The van der Waals surface area contributed by atoms with Crippen molar-refractivity contribution in [3.8, 4) is 0 Å². The Bertz CT molecular complexity index is 465. The molecule has 0 atom stereocenters. The van der Waals surface area contributed by atoms with E-state index < -0.39 is 18.1 Å². The van der Waals surface area contributed by atoms with Crippen molar-refractivity contribution >= 4 is 11.8 Å². The van der Waals surface area contributed by atoms with Crippen LogP contribution in [0.3, 0.4) is 0 Å². The molecular formula is C13H15F3N2O2. The number of rotatable bonds is 2. The molecule has 0 amide bonds. The van der Waals surface area contributed by atoms with E-state index in [0.717, 1.165) is 0 Å². The minimum Gasteiger partial charge on any atom is -0.465 e. The third-order valence-corrected chi connectivity index (χ3v) is 3.45. The van der Waals surface area contributed by atoms with Crippen molar-refractivity contribution in [2.24, 2.45) is 5.92 Å². The van der Waals surface area contributed by atoms with Gasteiger partial charge in [-0.1, -0.05) is 0 Å². The second kappa shape index (κ2) is 5.68. The quantitative estimate of drug-likeness (QED) is 0.785. The Labute approximate surface area is 114 Å². The predicted octanol–water partition coefficient (Wildman–Crippen LogP) is 2.65. The summed E-state index contributed by atoms with van der Waals surface area (Å²) in [6.45, 7) is 0.628. The summed E-state index contributed by atoms with van der Waals surface area (Å²) in [6.07, 6.45) is -2.60. The molecule has 2 rings (SSSR count). The van der Waals surface area contributed by atoms with E-state index in [9.17, 15) is 18.0 Å². The summed E-state index contributed by atoms with van der Waals surface area (Å²) >= 11 is 0. The Kier molecular flexibility index (Phi) is 4.15. The van der Waals surface area contributed by atoms with Gasteiger partial charge in [0.15, 0.2) is 0 Å². The molecule has 1 aliphatic rings. The number of methoxy groups -OCH3 is 1. The van der Waals surface area contributed by atoms with Gasteiger partial charge in [-0.2, -0.15) is 13.2 Å². The van der Waals surface area contributed by atoms with Gasteiger partial charge in [0.25, 0.3) is 0 Å². The fourth-order valence-corrected chi connectivity index (χ4v) is 2.25. The van der Waals surface area contributed by atoms with Gasteiger partial charge in [0.2, 0.25) is 0 Å². The molecule has 1 aromatic heterocycles. The molecule has 110 valence electrons. The number of esters is 1. The maximum absolute atomic E-state index is 12.6. The summed E-state index contributed by atoms with van der Waals surface area (Å²) in [5, 5.41) is 0. The van der Waals surface area contributed by atoms with Crippen LogP contribution in [0.2, 0.25) is 0 Å². The molecule has 2 heterocycles. The number of alkyl halides is 3. The minimum atomic E-state index is -4.12. The number of ether oxygens (including phenoxy) is 1. The van der Waals surface area contributed by atoms with Crippen molar-refractivity contribution < 1.29 is 22.7 Å². The highest BCUT2D eigenvalue weighted by atomic mass is 19.4. The number of halogens is 3. The molecule has 0 N–H and O–H groups in total. The van der Waals surface area contributed by atoms with E-state index in [-0.39, 0.29) is 12.8 Å². The van der Waals surface area contributed by atoms with E-state index in [0.29, 0.717) is 24.5 Å². The second-order valence-corrected chi connectivity index (χ2v) is 4.70. The molecule has 0 aliphatic carbocycles. The molecule has 0 aromatic carbocycles. The molecule has 4 nitrogen and oxygen atoms in total. The highest BCUT2D eigenvalue weighted by Gasteiger charge is 2.41. The van der Waals surface area contributed by atoms with E-state index in [2.05, 4.69) is 9.72 Å². The van der Waals surface area contributed by atoms with E-state index >= 15 is 0 Å². The van der Waals surface area contributed by atoms with E-state index in [4.69, 9.17) is 0 Å². The van der Waals surface area contributed by atoms with Gasteiger partial charge in [-0.3, -0.25) is 0 Å². The molecule has 0 spiro atoms. The van der Waals surface area contributed by atoms with Gasteiger partial charge in [0.05, 0.1) is 18.6 Å². The highest BCUT2D eigenvalue weighted by molar-refractivity contribution is 5.89. The third-order valence-electron chi connectivity index (χ3n) is 3.45. The van der Waals surface area contributed by atoms with E-state index in [1.54, 1.807) is 17.0 Å². The molecular weight excluding hydrogens is 273 g/mol. The number of aromatic nitrogens is 1. The van der Waals surface area contributed by atoms with E-state index in [1.807, 2.05) is 0 Å². The highest BCUT2D eigenvalue weighted by Crippen LogP contribution is 2.34. The molecule has 1 aliphatic heterocycles. The van der Waals surface area contributed by atoms with Crippen LogP contribution in [0.5, 0.6) is 0 Å². The molecule has 0 radical (unpaired) electrons. The van der Waals surface area contributed by atoms with Gasteiger partial charge in [-0.05, 0) is 25.0 Å². The number of hydrogen-bond donors (Lipinski definition) is 0. The number of anilines is 1. The Balaban J connectivity index is 1.99. The SMILES string of the molecule is COC(=O)c1ccc(N2CCC(C(F)(F)F)CC2)nc1. The Hall–Kier alpha value is -1.79. The summed E-state index contributed by atoms with van der Waals surface area (Å²) in [5.74, 6) is -1.13. The number of hydrogen-bond acceptors (Lipinski definition) is 4. The minimum absolute atomic E-state index is 0.0733.